The predicted molar refractivity (Wildman–Crippen MR) is 53.4 cm³/mol. The highest BCUT2D eigenvalue weighted by Gasteiger charge is 1.93. The smallest absolute Gasteiger partial charge is 0.00135 e. The average Bonchev–Trinajstić information content (AvgIpc) is 2.21. The van der Waals surface area contributed by atoms with Gasteiger partial charge in [-0.3, -0.25) is 0 Å². The lowest BCUT2D eigenvalue weighted by Gasteiger charge is -1.99. The molecule has 0 unspecified atom stereocenters. The second-order valence-electron chi connectivity index (χ2n) is 2.95. The zero-order chi connectivity index (χ0) is 8.93. The minimum Gasteiger partial charge on any atom is -0.0619 e. The van der Waals surface area contributed by atoms with Gasteiger partial charge in [-0.2, -0.15) is 0 Å². The molecule has 0 bridgehead atoms. The minimum absolute atomic E-state index is 0.918. The Morgan fingerprint density at radius 1 is 0.769 bits per heavy atom. The van der Waals surface area contributed by atoms with Gasteiger partial charge < -0.3 is 0 Å². The van der Waals surface area contributed by atoms with E-state index in [1.165, 1.54) is 11.1 Å². The van der Waals surface area contributed by atoms with Gasteiger partial charge in [0.2, 0.25) is 0 Å². The second kappa shape index (κ2) is 3.90. The predicted octanol–water partition coefficient (Wildman–Crippen LogP) is 2.88. The van der Waals surface area contributed by atoms with Crippen LogP contribution in [0.15, 0.2) is 48.5 Å². The lowest BCUT2D eigenvalue weighted by atomic mass is 10.1. The molecule has 0 heterocycles. The molecule has 13 heavy (non-hydrogen) atoms. The Hall–Kier alpha value is -1.56. The maximum absolute atomic E-state index is 3.20. The largest absolute Gasteiger partial charge is 0.0619 e. The maximum atomic E-state index is 3.20. The van der Waals surface area contributed by atoms with Crippen molar-refractivity contribution < 1.29 is 0 Å². The van der Waals surface area contributed by atoms with E-state index in [1.54, 1.807) is 0 Å². The van der Waals surface area contributed by atoms with Gasteiger partial charge in [-0.1, -0.05) is 48.5 Å². The van der Waals surface area contributed by atoms with Crippen LogP contribution in [-0.4, -0.2) is 0 Å². The van der Waals surface area contributed by atoms with E-state index in [1.807, 2.05) is 36.4 Å². The van der Waals surface area contributed by atoms with Crippen LogP contribution in [0.4, 0.5) is 0 Å². The van der Waals surface area contributed by atoms with E-state index in [0.29, 0.717) is 0 Å². The van der Waals surface area contributed by atoms with Crippen molar-refractivity contribution in [1.29, 1.82) is 0 Å². The summed E-state index contributed by atoms with van der Waals surface area (Å²) >= 11 is 0. The van der Waals surface area contributed by atoms with E-state index in [9.17, 15) is 0 Å². The van der Waals surface area contributed by atoms with Gasteiger partial charge in [-0.05, 0) is 29.7 Å². The molecule has 0 heteroatoms. The fourth-order valence-corrected chi connectivity index (χ4v) is 1.29. The van der Waals surface area contributed by atoms with Gasteiger partial charge in [-0.15, -0.1) is 0 Å². The molecule has 0 saturated carbocycles. The Morgan fingerprint density at radius 2 is 1.31 bits per heavy atom. The van der Waals surface area contributed by atoms with Crippen LogP contribution >= 0.6 is 0 Å². The van der Waals surface area contributed by atoms with Crippen molar-refractivity contribution in [1.82, 2.24) is 0 Å². The molecule has 0 atom stereocenters. The number of hydrogen-bond acceptors (Lipinski definition) is 0. The van der Waals surface area contributed by atoms with Crippen LogP contribution < -0.4 is 0 Å². The van der Waals surface area contributed by atoms with Gasteiger partial charge in [0.25, 0.3) is 0 Å². The second-order valence-corrected chi connectivity index (χ2v) is 2.95. The third kappa shape index (κ3) is 2.19. The SMILES string of the molecule is [c]1ccccc1Cc1[c]cccc1. The molecule has 0 aliphatic heterocycles. The van der Waals surface area contributed by atoms with Crippen LogP contribution in [0.2, 0.25) is 0 Å². The molecule has 0 aliphatic carbocycles. The first-order valence-corrected chi connectivity index (χ1v) is 4.36. The summed E-state index contributed by atoms with van der Waals surface area (Å²) in [5, 5.41) is 0. The Labute approximate surface area is 78.9 Å². The summed E-state index contributed by atoms with van der Waals surface area (Å²) in [6.07, 6.45) is 0.918. The van der Waals surface area contributed by atoms with Crippen LogP contribution in [0.5, 0.6) is 0 Å². The summed E-state index contributed by atoms with van der Waals surface area (Å²) < 4.78 is 0. The summed E-state index contributed by atoms with van der Waals surface area (Å²) in [5.41, 5.74) is 2.43. The number of rotatable bonds is 2. The quantitative estimate of drug-likeness (QED) is 0.643. The molecule has 2 rings (SSSR count). The van der Waals surface area contributed by atoms with Gasteiger partial charge in [0, 0.05) is 0 Å². The van der Waals surface area contributed by atoms with Crippen molar-refractivity contribution in [3.63, 3.8) is 0 Å². The first-order valence-electron chi connectivity index (χ1n) is 4.36. The molecule has 2 aromatic carbocycles. The Kier molecular flexibility index (Phi) is 2.42. The molecular formula is C13H10. The first-order chi connectivity index (χ1) is 6.45. The topological polar surface area (TPSA) is 0 Å². The van der Waals surface area contributed by atoms with E-state index in [2.05, 4.69) is 24.3 Å². The molecule has 0 N–H and O–H groups in total. The van der Waals surface area contributed by atoms with E-state index in [0.717, 1.165) is 6.42 Å². The van der Waals surface area contributed by atoms with E-state index < -0.39 is 0 Å². The summed E-state index contributed by atoms with van der Waals surface area (Å²) in [6, 6.07) is 22.5. The van der Waals surface area contributed by atoms with Gasteiger partial charge in [0.05, 0.1) is 0 Å². The monoisotopic (exact) mass is 166 g/mol. The van der Waals surface area contributed by atoms with Crippen LogP contribution in [0.3, 0.4) is 0 Å². The average molecular weight is 166 g/mol. The van der Waals surface area contributed by atoms with Crippen molar-refractivity contribution in [3.05, 3.63) is 71.8 Å². The van der Waals surface area contributed by atoms with Gasteiger partial charge in [-0.25, -0.2) is 0 Å². The van der Waals surface area contributed by atoms with E-state index >= 15 is 0 Å². The molecule has 2 radical (unpaired) electrons. The van der Waals surface area contributed by atoms with Gasteiger partial charge in [0.15, 0.2) is 0 Å². The Balaban J connectivity index is 2.16. The molecule has 0 fully saturated rings. The lowest BCUT2D eigenvalue weighted by molar-refractivity contribution is 1.18. The van der Waals surface area contributed by atoms with Crippen LogP contribution in [0.25, 0.3) is 0 Å². The summed E-state index contributed by atoms with van der Waals surface area (Å²) in [4.78, 5) is 0. The maximum Gasteiger partial charge on any atom is -0.00135 e. The van der Waals surface area contributed by atoms with Crippen molar-refractivity contribution in [2.45, 2.75) is 6.42 Å². The number of hydrogen-bond donors (Lipinski definition) is 0. The van der Waals surface area contributed by atoms with Crippen molar-refractivity contribution in [2.24, 2.45) is 0 Å². The third-order valence-electron chi connectivity index (χ3n) is 1.93. The first kappa shape index (κ1) is 8.06. The zero-order valence-corrected chi connectivity index (χ0v) is 7.33. The Morgan fingerprint density at radius 3 is 1.69 bits per heavy atom. The summed E-state index contributed by atoms with van der Waals surface area (Å²) in [7, 11) is 0. The van der Waals surface area contributed by atoms with Gasteiger partial charge >= 0.3 is 0 Å². The molecule has 0 spiro atoms. The highest BCUT2D eigenvalue weighted by molar-refractivity contribution is 5.23. The highest BCUT2D eigenvalue weighted by Crippen LogP contribution is 2.06. The van der Waals surface area contributed by atoms with E-state index in [-0.39, 0.29) is 0 Å². The minimum atomic E-state index is 0.918. The van der Waals surface area contributed by atoms with Crippen molar-refractivity contribution >= 4 is 0 Å². The lowest BCUT2D eigenvalue weighted by Crippen LogP contribution is -1.86. The zero-order valence-electron chi connectivity index (χ0n) is 7.33. The molecule has 62 valence electrons. The van der Waals surface area contributed by atoms with Crippen molar-refractivity contribution in [3.8, 4) is 0 Å². The standard InChI is InChI=1S/C13H10/c1-3-7-12(8-4-1)11-13-9-5-2-6-10-13/h1-7,9H,11H2. The fraction of sp³-hybridized carbons (Fsp3) is 0.0769. The van der Waals surface area contributed by atoms with Crippen molar-refractivity contribution in [2.75, 3.05) is 0 Å². The fourth-order valence-electron chi connectivity index (χ4n) is 1.29. The van der Waals surface area contributed by atoms with Crippen LogP contribution in [-0.2, 0) is 6.42 Å². The molecule has 0 aliphatic rings. The molecule has 0 nitrogen and oxygen atoms in total. The molecule has 0 saturated heterocycles. The molecular weight excluding hydrogens is 156 g/mol. The third-order valence-corrected chi connectivity index (χ3v) is 1.93. The summed E-state index contributed by atoms with van der Waals surface area (Å²) in [6.45, 7) is 0. The molecule has 0 aromatic heterocycles. The van der Waals surface area contributed by atoms with E-state index in [4.69, 9.17) is 0 Å². The molecule has 0 amide bonds. The van der Waals surface area contributed by atoms with Crippen LogP contribution in [0, 0.1) is 12.1 Å². The Bertz CT molecular complexity index is 311. The number of benzene rings is 2. The normalized spacial score (nSPS) is 9.85. The highest BCUT2D eigenvalue weighted by atomic mass is 14.0. The molecule has 2 aromatic rings. The van der Waals surface area contributed by atoms with Gasteiger partial charge in [0.1, 0.15) is 0 Å². The van der Waals surface area contributed by atoms with Crippen LogP contribution in [0.1, 0.15) is 11.1 Å². The summed E-state index contributed by atoms with van der Waals surface area (Å²) in [5.74, 6) is 0.